The van der Waals surface area contributed by atoms with E-state index in [4.69, 9.17) is 5.73 Å². The van der Waals surface area contributed by atoms with E-state index in [1.54, 1.807) is 0 Å². The zero-order valence-electron chi connectivity index (χ0n) is 15.3. The Morgan fingerprint density at radius 3 is 2.26 bits per heavy atom. The SMILES string of the molecule is CC(C)CN(CC(C)C)C(=O)CN1CC2CCCC(N)C2C1.Cl. The molecule has 3 unspecified atom stereocenters. The van der Waals surface area contributed by atoms with Crippen LogP contribution in [-0.2, 0) is 4.79 Å². The van der Waals surface area contributed by atoms with Crippen molar-refractivity contribution in [3.8, 4) is 0 Å². The first-order valence-electron chi connectivity index (χ1n) is 9.12. The molecule has 0 bridgehead atoms. The molecule has 1 amide bonds. The van der Waals surface area contributed by atoms with Crippen LogP contribution in [0.5, 0.6) is 0 Å². The normalized spacial score (nSPS) is 27.9. The van der Waals surface area contributed by atoms with Crippen LogP contribution in [0.2, 0.25) is 0 Å². The van der Waals surface area contributed by atoms with Crippen LogP contribution >= 0.6 is 12.4 Å². The lowest BCUT2D eigenvalue weighted by Crippen LogP contribution is -2.43. The lowest BCUT2D eigenvalue weighted by molar-refractivity contribution is -0.133. The number of nitrogens with two attached hydrogens (primary N) is 1. The summed E-state index contributed by atoms with van der Waals surface area (Å²) in [6, 6.07) is 0.348. The summed E-state index contributed by atoms with van der Waals surface area (Å²) < 4.78 is 0. The Balaban J connectivity index is 0.00000264. The van der Waals surface area contributed by atoms with E-state index in [1.165, 1.54) is 12.8 Å². The molecule has 3 atom stereocenters. The number of carbonyl (C=O) groups excluding carboxylic acids is 1. The maximum atomic E-state index is 12.7. The third-order valence-corrected chi connectivity index (χ3v) is 5.11. The largest absolute Gasteiger partial charge is 0.341 e. The second-order valence-corrected chi connectivity index (χ2v) is 8.30. The van der Waals surface area contributed by atoms with E-state index < -0.39 is 0 Å². The molecule has 0 spiro atoms. The summed E-state index contributed by atoms with van der Waals surface area (Å²) in [5.74, 6) is 2.69. The van der Waals surface area contributed by atoms with E-state index in [0.29, 0.717) is 36.2 Å². The maximum absolute atomic E-state index is 12.7. The quantitative estimate of drug-likeness (QED) is 0.805. The van der Waals surface area contributed by atoms with Gasteiger partial charge in [0.15, 0.2) is 0 Å². The van der Waals surface area contributed by atoms with Crippen molar-refractivity contribution in [2.24, 2.45) is 29.4 Å². The smallest absolute Gasteiger partial charge is 0.236 e. The van der Waals surface area contributed by atoms with Gasteiger partial charge >= 0.3 is 0 Å². The van der Waals surface area contributed by atoms with E-state index in [0.717, 1.165) is 38.5 Å². The topological polar surface area (TPSA) is 49.6 Å². The predicted octanol–water partition coefficient (Wildman–Crippen LogP) is 2.61. The molecular formula is C18H36ClN3O. The summed E-state index contributed by atoms with van der Waals surface area (Å²) in [4.78, 5) is 17.1. The third-order valence-electron chi connectivity index (χ3n) is 5.11. The summed E-state index contributed by atoms with van der Waals surface area (Å²) in [5, 5.41) is 0. The molecule has 2 rings (SSSR count). The molecule has 0 aromatic rings. The highest BCUT2D eigenvalue weighted by Crippen LogP contribution is 2.35. The lowest BCUT2D eigenvalue weighted by Gasteiger charge is -2.30. The monoisotopic (exact) mass is 345 g/mol. The average molecular weight is 346 g/mol. The predicted molar refractivity (Wildman–Crippen MR) is 98.8 cm³/mol. The average Bonchev–Trinajstić information content (AvgIpc) is 2.80. The standard InChI is InChI=1S/C18H35N3O.ClH/c1-13(2)8-21(9-14(3)4)18(22)12-20-10-15-6-5-7-17(19)16(15)11-20;/h13-17H,5-12,19H2,1-4H3;1H. The van der Waals surface area contributed by atoms with Gasteiger partial charge in [0.25, 0.3) is 0 Å². The van der Waals surface area contributed by atoms with E-state index in [9.17, 15) is 4.79 Å². The Bertz CT molecular complexity index is 365. The molecule has 1 saturated heterocycles. The molecular weight excluding hydrogens is 310 g/mol. The van der Waals surface area contributed by atoms with Gasteiger partial charge in [-0.05, 0) is 36.5 Å². The number of carbonyl (C=O) groups is 1. The molecule has 136 valence electrons. The summed E-state index contributed by atoms with van der Waals surface area (Å²) in [6.45, 7) is 13.2. The second-order valence-electron chi connectivity index (χ2n) is 8.30. The minimum Gasteiger partial charge on any atom is -0.341 e. The van der Waals surface area contributed by atoms with Gasteiger partial charge in [0.05, 0.1) is 6.54 Å². The lowest BCUT2D eigenvalue weighted by atomic mass is 9.78. The molecule has 0 radical (unpaired) electrons. The number of hydrogen-bond acceptors (Lipinski definition) is 3. The fourth-order valence-corrected chi connectivity index (χ4v) is 4.19. The fourth-order valence-electron chi connectivity index (χ4n) is 4.19. The molecule has 2 N–H and O–H groups in total. The van der Waals surface area contributed by atoms with Crippen molar-refractivity contribution in [2.45, 2.75) is 53.0 Å². The molecule has 2 fully saturated rings. The van der Waals surface area contributed by atoms with Crippen LogP contribution in [0.15, 0.2) is 0 Å². The van der Waals surface area contributed by atoms with E-state index in [1.807, 2.05) is 0 Å². The van der Waals surface area contributed by atoms with Gasteiger partial charge in [0.2, 0.25) is 5.91 Å². The Labute approximate surface area is 148 Å². The van der Waals surface area contributed by atoms with Crippen LogP contribution in [0.25, 0.3) is 0 Å². The van der Waals surface area contributed by atoms with Crippen molar-refractivity contribution in [3.63, 3.8) is 0 Å². The molecule has 1 heterocycles. The molecule has 23 heavy (non-hydrogen) atoms. The van der Waals surface area contributed by atoms with E-state index >= 15 is 0 Å². The van der Waals surface area contributed by atoms with Crippen molar-refractivity contribution in [2.75, 3.05) is 32.7 Å². The van der Waals surface area contributed by atoms with Crippen molar-refractivity contribution in [3.05, 3.63) is 0 Å². The van der Waals surface area contributed by atoms with Crippen molar-refractivity contribution >= 4 is 18.3 Å². The van der Waals surface area contributed by atoms with Gasteiger partial charge in [-0.2, -0.15) is 0 Å². The molecule has 1 aliphatic heterocycles. The Kier molecular flexibility index (Phi) is 8.32. The Morgan fingerprint density at radius 2 is 1.74 bits per heavy atom. The zero-order valence-corrected chi connectivity index (χ0v) is 16.1. The van der Waals surface area contributed by atoms with Gasteiger partial charge < -0.3 is 10.6 Å². The number of halogens is 1. The van der Waals surface area contributed by atoms with Gasteiger partial charge in [-0.15, -0.1) is 12.4 Å². The van der Waals surface area contributed by atoms with E-state index in [2.05, 4.69) is 37.5 Å². The highest BCUT2D eigenvalue weighted by atomic mass is 35.5. The first-order valence-corrected chi connectivity index (χ1v) is 9.12. The summed E-state index contributed by atoms with van der Waals surface area (Å²) in [7, 11) is 0. The molecule has 0 aromatic carbocycles. The number of fused-ring (bicyclic) bond motifs is 1. The number of nitrogens with zero attached hydrogens (tertiary/aromatic N) is 2. The van der Waals surface area contributed by atoms with Gasteiger partial charge in [-0.3, -0.25) is 9.69 Å². The number of amides is 1. The number of rotatable bonds is 6. The fraction of sp³-hybridized carbons (Fsp3) is 0.944. The van der Waals surface area contributed by atoms with Crippen molar-refractivity contribution in [1.29, 1.82) is 0 Å². The summed E-state index contributed by atoms with van der Waals surface area (Å²) in [6.07, 6.45) is 3.72. The van der Waals surface area contributed by atoms with Gasteiger partial charge in [-0.1, -0.05) is 34.1 Å². The molecule has 1 saturated carbocycles. The summed E-state index contributed by atoms with van der Waals surface area (Å²) >= 11 is 0. The maximum Gasteiger partial charge on any atom is 0.236 e. The van der Waals surface area contributed by atoms with Gasteiger partial charge in [0.1, 0.15) is 0 Å². The molecule has 4 nitrogen and oxygen atoms in total. The van der Waals surface area contributed by atoms with Crippen LogP contribution in [0.3, 0.4) is 0 Å². The minimum absolute atomic E-state index is 0. The van der Waals surface area contributed by atoms with Crippen LogP contribution in [0, 0.1) is 23.7 Å². The number of hydrogen-bond donors (Lipinski definition) is 1. The first kappa shape index (κ1) is 20.7. The second kappa shape index (κ2) is 9.24. The van der Waals surface area contributed by atoms with Crippen molar-refractivity contribution < 1.29 is 4.79 Å². The van der Waals surface area contributed by atoms with Crippen LogP contribution in [0.1, 0.15) is 47.0 Å². The zero-order chi connectivity index (χ0) is 16.3. The van der Waals surface area contributed by atoms with Crippen LogP contribution in [0.4, 0.5) is 0 Å². The van der Waals surface area contributed by atoms with Crippen LogP contribution in [-0.4, -0.2) is 54.5 Å². The van der Waals surface area contributed by atoms with Gasteiger partial charge in [0, 0.05) is 32.2 Å². The van der Waals surface area contributed by atoms with E-state index in [-0.39, 0.29) is 12.4 Å². The highest BCUT2D eigenvalue weighted by molar-refractivity contribution is 5.85. The highest BCUT2D eigenvalue weighted by Gasteiger charge is 2.39. The Hall–Kier alpha value is -0.320. The van der Waals surface area contributed by atoms with Gasteiger partial charge in [-0.25, -0.2) is 0 Å². The molecule has 0 aromatic heterocycles. The number of likely N-dealkylation sites (tertiary alicyclic amines) is 1. The first-order chi connectivity index (χ1) is 10.4. The van der Waals surface area contributed by atoms with Crippen molar-refractivity contribution in [1.82, 2.24) is 9.80 Å². The Morgan fingerprint density at radius 1 is 1.13 bits per heavy atom. The molecule has 2 aliphatic rings. The third kappa shape index (κ3) is 5.91. The summed E-state index contributed by atoms with van der Waals surface area (Å²) in [5.41, 5.74) is 6.28. The minimum atomic E-state index is 0. The molecule has 5 heteroatoms. The molecule has 1 aliphatic carbocycles. The van der Waals surface area contributed by atoms with Crippen LogP contribution < -0.4 is 5.73 Å².